The summed E-state index contributed by atoms with van der Waals surface area (Å²) >= 11 is 0. The van der Waals surface area contributed by atoms with Crippen LogP contribution in [0.3, 0.4) is 0 Å². The fraction of sp³-hybridized carbons (Fsp3) is 0.929. The lowest BCUT2D eigenvalue weighted by molar-refractivity contribution is 0.0860. The van der Waals surface area contributed by atoms with Crippen molar-refractivity contribution in [3.05, 3.63) is 0 Å². The maximum Gasteiger partial charge on any atom is 0.103 e. The van der Waals surface area contributed by atoms with Crippen molar-refractivity contribution in [1.82, 2.24) is 15.1 Å². The van der Waals surface area contributed by atoms with Crippen molar-refractivity contribution in [1.29, 1.82) is 5.26 Å². The van der Waals surface area contributed by atoms with Crippen molar-refractivity contribution in [3.63, 3.8) is 0 Å². The van der Waals surface area contributed by atoms with E-state index in [0.717, 1.165) is 32.5 Å². The molecule has 0 aromatic rings. The fourth-order valence-electron chi connectivity index (χ4n) is 2.64. The Bertz CT molecular complexity index is 286. The second kappa shape index (κ2) is 7.08. The Labute approximate surface area is 112 Å². The molecule has 0 radical (unpaired) electrons. The second-order valence-electron chi connectivity index (χ2n) is 5.58. The third-order valence-corrected chi connectivity index (χ3v) is 4.21. The number of rotatable bonds is 6. The molecule has 1 N–H and O–H groups in total. The van der Waals surface area contributed by atoms with E-state index < -0.39 is 0 Å². The molecular formula is C14H28N4. The van der Waals surface area contributed by atoms with Gasteiger partial charge < -0.3 is 10.2 Å². The Morgan fingerprint density at radius 2 is 2.17 bits per heavy atom. The van der Waals surface area contributed by atoms with Gasteiger partial charge in [0.15, 0.2) is 0 Å². The maximum absolute atomic E-state index is 9.10. The van der Waals surface area contributed by atoms with E-state index in [4.69, 9.17) is 5.26 Å². The van der Waals surface area contributed by atoms with Crippen molar-refractivity contribution < 1.29 is 0 Å². The molecule has 104 valence electrons. The lowest BCUT2D eigenvalue weighted by Gasteiger charge is -2.39. The number of nitrogens with one attached hydrogen (secondary N) is 1. The number of nitriles is 1. The predicted molar refractivity (Wildman–Crippen MR) is 75.5 cm³/mol. The third kappa shape index (κ3) is 4.24. The van der Waals surface area contributed by atoms with Crippen LogP contribution in [0, 0.1) is 11.3 Å². The Morgan fingerprint density at radius 3 is 2.67 bits per heavy atom. The standard InChI is InChI=1S/C14H28N4/c1-5-18-10-9-17(11-13(18)2)8-6-7-14(3,12-15)16-4/h13,16H,5-11H2,1-4H3. The zero-order valence-electron chi connectivity index (χ0n) is 12.4. The summed E-state index contributed by atoms with van der Waals surface area (Å²) in [5.41, 5.74) is -0.364. The highest BCUT2D eigenvalue weighted by Gasteiger charge is 2.24. The summed E-state index contributed by atoms with van der Waals surface area (Å²) in [4.78, 5) is 5.06. The summed E-state index contributed by atoms with van der Waals surface area (Å²) in [6.45, 7) is 12.3. The van der Waals surface area contributed by atoms with E-state index in [0.29, 0.717) is 6.04 Å². The average molecular weight is 252 g/mol. The minimum absolute atomic E-state index is 0.364. The average Bonchev–Trinajstić information content (AvgIpc) is 2.39. The number of hydrogen-bond acceptors (Lipinski definition) is 4. The van der Waals surface area contributed by atoms with Crippen LogP contribution in [0.25, 0.3) is 0 Å². The summed E-state index contributed by atoms with van der Waals surface area (Å²) in [7, 11) is 1.87. The van der Waals surface area contributed by atoms with Gasteiger partial charge in [0.05, 0.1) is 6.07 Å². The van der Waals surface area contributed by atoms with Crippen LogP contribution < -0.4 is 5.32 Å². The van der Waals surface area contributed by atoms with Gasteiger partial charge in [0.1, 0.15) is 5.54 Å². The Kier molecular flexibility index (Phi) is 6.07. The summed E-state index contributed by atoms with van der Waals surface area (Å²) in [5, 5.41) is 12.2. The highest BCUT2D eigenvalue weighted by Crippen LogP contribution is 2.13. The molecule has 2 atom stereocenters. The first-order chi connectivity index (χ1) is 8.54. The quantitative estimate of drug-likeness (QED) is 0.773. The minimum Gasteiger partial charge on any atom is -0.303 e. The Morgan fingerprint density at radius 1 is 1.44 bits per heavy atom. The molecule has 0 aromatic carbocycles. The first kappa shape index (κ1) is 15.4. The van der Waals surface area contributed by atoms with Crippen LogP contribution in [0.15, 0.2) is 0 Å². The zero-order chi connectivity index (χ0) is 13.6. The van der Waals surface area contributed by atoms with Gasteiger partial charge in [-0.25, -0.2) is 0 Å². The van der Waals surface area contributed by atoms with E-state index in [-0.39, 0.29) is 5.54 Å². The van der Waals surface area contributed by atoms with Crippen LogP contribution in [0.5, 0.6) is 0 Å². The van der Waals surface area contributed by atoms with Gasteiger partial charge in [0, 0.05) is 25.7 Å². The second-order valence-corrected chi connectivity index (χ2v) is 5.58. The summed E-state index contributed by atoms with van der Waals surface area (Å²) in [6, 6.07) is 3.02. The topological polar surface area (TPSA) is 42.3 Å². The van der Waals surface area contributed by atoms with Gasteiger partial charge in [-0.05, 0) is 46.8 Å². The van der Waals surface area contributed by atoms with Crippen molar-refractivity contribution in [2.45, 2.75) is 45.2 Å². The monoisotopic (exact) mass is 252 g/mol. The van der Waals surface area contributed by atoms with Crippen LogP contribution in [0.1, 0.15) is 33.6 Å². The van der Waals surface area contributed by atoms with Gasteiger partial charge in [-0.1, -0.05) is 6.92 Å². The maximum atomic E-state index is 9.10. The molecule has 0 saturated carbocycles. The lowest BCUT2D eigenvalue weighted by Crippen LogP contribution is -2.52. The van der Waals surface area contributed by atoms with Gasteiger partial charge in [-0.3, -0.25) is 4.90 Å². The molecule has 1 rings (SSSR count). The fourth-order valence-corrected chi connectivity index (χ4v) is 2.64. The molecular weight excluding hydrogens is 224 g/mol. The first-order valence-corrected chi connectivity index (χ1v) is 7.11. The number of piperazine rings is 1. The first-order valence-electron chi connectivity index (χ1n) is 7.11. The number of likely N-dealkylation sites (N-methyl/N-ethyl adjacent to an activating group) is 1. The smallest absolute Gasteiger partial charge is 0.103 e. The molecule has 0 spiro atoms. The normalized spacial score (nSPS) is 25.6. The number of nitrogens with zero attached hydrogens (tertiary/aromatic N) is 3. The highest BCUT2D eigenvalue weighted by atomic mass is 15.3. The molecule has 1 heterocycles. The van der Waals surface area contributed by atoms with E-state index in [1.54, 1.807) is 0 Å². The summed E-state index contributed by atoms with van der Waals surface area (Å²) < 4.78 is 0. The van der Waals surface area contributed by atoms with Gasteiger partial charge >= 0.3 is 0 Å². The van der Waals surface area contributed by atoms with Gasteiger partial charge in [0.25, 0.3) is 0 Å². The van der Waals surface area contributed by atoms with Crippen LogP contribution in [0.2, 0.25) is 0 Å². The SMILES string of the molecule is CCN1CCN(CCCC(C)(C#N)NC)CC1C. The third-order valence-electron chi connectivity index (χ3n) is 4.21. The molecule has 4 heteroatoms. The van der Waals surface area contributed by atoms with Crippen LogP contribution in [-0.2, 0) is 0 Å². The Hall–Kier alpha value is -0.630. The molecule has 0 aromatic heterocycles. The molecule has 0 bridgehead atoms. The molecule has 2 unspecified atom stereocenters. The van der Waals surface area contributed by atoms with E-state index in [9.17, 15) is 0 Å². The molecule has 1 aliphatic heterocycles. The molecule has 0 amide bonds. The van der Waals surface area contributed by atoms with Crippen LogP contribution in [-0.4, -0.2) is 61.2 Å². The van der Waals surface area contributed by atoms with Crippen LogP contribution >= 0.6 is 0 Å². The van der Waals surface area contributed by atoms with Crippen LogP contribution in [0.4, 0.5) is 0 Å². The molecule has 1 aliphatic rings. The molecule has 1 saturated heterocycles. The molecule has 4 nitrogen and oxygen atoms in total. The van der Waals surface area contributed by atoms with Crippen molar-refractivity contribution in [2.24, 2.45) is 0 Å². The molecule has 18 heavy (non-hydrogen) atoms. The van der Waals surface area contributed by atoms with Crippen molar-refractivity contribution >= 4 is 0 Å². The minimum atomic E-state index is -0.364. The molecule has 0 aliphatic carbocycles. The predicted octanol–water partition coefficient (Wildman–Crippen LogP) is 1.29. The molecule has 1 fully saturated rings. The van der Waals surface area contributed by atoms with E-state index in [1.165, 1.54) is 13.1 Å². The summed E-state index contributed by atoms with van der Waals surface area (Å²) in [5.74, 6) is 0. The van der Waals surface area contributed by atoms with E-state index in [2.05, 4.69) is 35.0 Å². The van der Waals surface area contributed by atoms with Crippen molar-refractivity contribution in [3.8, 4) is 6.07 Å². The van der Waals surface area contributed by atoms with Gasteiger partial charge in [0.2, 0.25) is 0 Å². The Balaban J connectivity index is 2.27. The summed E-state index contributed by atoms with van der Waals surface area (Å²) in [6.07, 6.45) is 2.01. The number of hydrogen-bond donors (Lipinski definition) is 1. The van der Waals surface area contributed by atoms with Crippen molar-refractivity contribution in [2.75, 3.05) is 39.8 Å². The van der Waals surface area contributed by atoms with Gasteiger partial charge in [-0.2, -0.15) is 5.26 Å². The lowest BCUT2D eigenvalue weighted by atomic mass is 9.98. The zero-order valence-corrected chi connectivity index (χ0v) is 12.4. The van der Waals surface area contributed by atoms with Gasteiger partial charge in [-0.15, -0.1) is 0 Å². The van der Waals surface area contributed by atoms with E-state index in [1.807, 2.05) is 14.0 Å². The van der Waals surface area contributed by atoms with E-state index >= 15 is 0 Å². The largest absolute Gasteiger partial charge is 0.303 e. The highest BCUT2D eigenvalue weighted by molar-refractivity contribution is 5.02.